The molecule has 2 aromatic rings. The molecule has 0 saturated heterocycles. The Labute approximate surface area is 124 Å². The second-order valence-corrected chi connectivity index (χ2v) is 7.30. The van der Waals surface area contributed by atoms with Gasteiger partial charge in [0.05, 0.1) is 17.3 Å². The Balaban J connectivity index is 1.88. The highest BCUT2D eigenvalue weighted by Gasteiger charge is 2.57. The topological polar surface area (TPSA) is 69.4 Å². The number of hydrogen-bond acceptors (Lipinski definition) is 4. The fourth-order valence-electron chi connectivity index (χ4n) is 2.71. The van der Waals surface area contributed by atoms with Crippen molar-refractivity contribution in [1.29, 1.82) is 0 Å². The number of ether oxygens (including phenoxy) is 1. The monoisotopic (exact) mass is 303 g/mol. The highest BCUT2D eigenvalue weighted by Crippen LogP contribution is 2.47. The molecule has 0 aromatic heterocycles. The van der Waals surface area contributed by atoms with Crippen molar-refractivity contribution in [1.82, 2.24) is 0 Å². The van der Waals surface area contributed by atoms with Crippen molar-refractivity contribution >= 4 is 9.84 Å². The highest BCUT2D eigenvalue weighted by molar-refractivity contribution is 7.92. The SMILES string of the molecule is COc1ccc([C@@H]2[C@@H](N)[C@H]2S(=O)(=O)c2ccccc2)cc1. The summed E-state index contributed by atoms with van der Waals surface area (Å²) in [7, 11) is -1.79. The van der Waals surface area contributed by atoms with Crippen molar-refractivity contribution in [2.24, 2.45) is 5.73 Å². The van der Waals surface area contributed by atoms with E-state index in [1.54, 1.807) is 37.4 Å². The number of hydrogen-bond donors (Lipinski definition) is 1. The molecule has 1 aliphatic rings. The third-order valence-corrected chi connectivity index (χ3v) is 6.19. The Morgan fingerprint density at radius 1 is 1.00 bits per heavy atom. The standard InChI is InChI=1S/C16H17NO3S/c1-20-12-9-7-11(8-10-12)14-15(17)16(14)21(18,19)13-5-3-2-4-6-13/h2-10,14-16H,17H2,1H3/t14-,15-,16+/m1/s1. The van der Waals surface area contributed by atoms with E-state index in [0.29, 0.717) is 4.90 Å². The van der Waals surface area contributed by atoms with E-state index in [-0.39, 0.29) is 12.0 Å². The zero-order valence-corrected chi connectivity index (χ0v) is 12.5. The van der Waals surface area contributed by atoms with Crippen LogP contribution in [0.3, 0.4) is 0 Å². The van der Waals surface area contributed by atoms with Gasteiger partial charge in [-0.1, -0.05) is 30.3 Å². The summed E-state index contributed by atoms with van der Waals surface area (Å²) in [4.78, 5) is 0.335. The normalized spacial score (nSPS) is 24.6. The highest BCUT2D eigenvalue weighted by atomic mass is 32.2. The van der Waals surface area contributed by atoms with Gasteiger partial charge in [-0.15, -0.1) is 0 Å². The van der Waals surface area contributed by atoms with Crippen molar-refractivity contribution in [3.05, 3.63) is 60.2 Å². The van der Waals surface area contributed by atoms with Gasteiger partial charge in [-0.05, 0) is 29.8 Å². The summed E-state index contributed by atoms with van der Waals surface area (Å²) < 4.78 is 30.3. The fraction of sp³-hybridized carbons (Fsp3) is 0.250. The first kappa shape index (κ1) is 14.1. The van der Waals surface area contributed by atoms with Gasteiger partial charge in [0.15, 0.2) is 9.84 Å². The second-order valence-electron chi connectivity index (χ2n) is 5.20. The molecule has 5 heteroatoms. The summed E-state index contributed by atoms with van der Waals surface area (Å²) >= 11 is 0. The molecule has 2 N–H and O–H groups in total. The number of rotatable bonds is 4. The predicted molar refractivity (Wildman–Crippen MR) is 81.1 cm³/mol. The molecule has 1 aliphatic carbocycles. The van der Waals surface area contributed by atoms with Crippen LogP contribution in [0, 0.1) is 0 Å². The Bertz CT molecular complexity index is 726. The molecule has 0 unspecified atom stereocenters. The molecule has 21 heavy (non-hydrogen) atoms. The van der Waals surface area contributed by atoms with Crippen LogP contribution in [-0.2, 0) is 9.84 Å². The smallest absolute Gasteiger partial charge is 0.183 e. The summed E-state index contributed by atoms with van der Waals surface area (Å²) in [5.41, 5.74) is 6.96. The molecule has 0 amide bonds. The maximum atomic E-state index is 12.6. The zero-order chi connectivity index (χ0) is 15.0. The van der Waals surface area contributed by atoms with Gasteiger partial charge in [0.2, 0.25) is 0 Å². The first-order valence-electron chi connectivity index (χ1n) is 6.74. The number of sulfone groups is 1. The summed E-state index contributed by atoms with van der Waals surface area (Å²) in [6, 6.07) is 15.5. The molecule has 0 bridgehead atoms. The van der Waals surface area contributed by atoms with Gasteiger partial charge < -0.3 is 10.5 Å². The van der Waals surface area contributed by atoms with Crippen LogP contribution in [0.5, 0.6) is 5.75 Å². The van der Waals surface area contributed by atoms with Gasteiger partial charge >= 0.3 is 0 Å². The maximum Gasteiger partial charge on any atom is 0.183 e. The number of benzene rings is 2. The minimum absolute atomic E-state index is 0.152. The maximum absolute atomic E-state index is 12.6. The molecule has 2 aromatic carbocycles. The van der Waals surface area contributed by atoms with Crippen LogP contribution in [0.4, 0.5) is 0 Å². The first-order chi connectivity index (χ1) is 10.1. The summed E-state index contributed by atoms with van der Waals surface area (Å²) in [6.45, 7) is 0. The van der Waals surface area contributed by atoms with E-state index in [1.807, 2.05) is 24.3 Å². The van der Waals surface area contributed by atoms with Crippen molar-refractivity contribution in [3.8, 4) is 5.75 Å². The van der Waals surface area contributed by atoms with Crippen molar-refractivity contribution < 1.29 is 13.2 Å². The van der Waals surface area contributed by atoms with E-state index in [9.17, 15) is 8.42 Å². The first-order valence-corrected chi connectivity index (χ1v) is 8.29. The van der Waals surface area contributed by atoms with Gasteiger partial charge in [0, 0.05) is 12.0 Å². The molecule has 1 saturated carbocycles. The Morgan fingerprint density at radius 3 is 2.19 bits per heavy atom. The lowest BCUT2D eigenvalue weighted by Crippen LogP contribution is -2.15. The van der Waals surface area contributed by atoms with E-state index in [4.69, 9.17) is 10.5 Å². The van der Waals surface area contributed by atoms with Crippen molar-refractivity contribution in [2.75, 3.05) is 7.11 Å². The largest absolute Gasteiger partial charge is 0.497 e. The lowest BCUT2D eigenvalue weighted by atomic mass is 10.1. The minimum Gasteiger partial charge on any atom is -0.497 e. The van der Waals surface area contributed by atoms with Crippen LogP contribution < -0.4 is 10.5 Å². The predicted octanol–water partition coefficient (Wildman–Crippen LogP) is 1.96. The van der Waals surface area contributed by atoms with Gasteiger partial charge in [-0.2, -0.15) is 0 Å². The number of methoxy groups -OCH3 is 1. The number of nitrogens with two attached hydrogens (primary N) is 1. The van der Waals surface area contributed by atoms with Crippen molar-refractivity contribution in [3.63, 3.8) is 0 Å². The molecule has 4 nitrogen and oxygen atoms in total. The third-order valence-electron chi connectivity index (χ3n) is 3.94. The molecule has 0 radical (unpaired) electrons. The average Bonchev–Trinajstić information content (AvgIpc) is 3.20. The van der Waals surface area contributed by atoms with E-state index in [2.05, 4.69) is 0 Å². The molecule has 3 rings (SSSR count). The molecular weight excluding hydrogens is 286 g/mol. The molecule has 3 atom stereocenters. The Morgan fingerprint density at radius 2 is 1.62 bits per heavy atom. The molecule has 110 valence electrons. The van der Waals surface area contributed by atoms with Crippen LogP contribution in [0.1, 0.15) is 11.5 Å². The summed E-state index contributed by atoms with van der Waals surface area (Å²) in [5, 5.41) is -0.548. The van der Waals surface area contributed by atoms with Crippen LogP contribution in [0.15, 0.2) is 59.5 Å². The molecule has 1 fully saturated rings. The summed E-state index contributed by atoms with van der Waals surface area (Å²) in [5.74, 6) is 0.594. The lowest BCUT2D eigenvalue weighted by Gasteiger charge is -2.04. The van der Waals surface area contributed by atoms with Crippen LogP contribution in [0.2, 0.25) is 0 Å². The molecule has 0 aliphatic heterocycles. The lowest BCUT2D eigenvalue weighted by molar-refractivity contribution is 0.414. The second kappa shape index (κ2) is 5.16. The van der Waals surface area contributed by atoms with Gasteiger partial charge in [-0.3, -0.25) is 0 Å². The van der Waals surface area contributed by atoms with Gasteiger partial charge in [0.1, 0.15) is 5.75 Å². The quantitative estimate of drug-likeness (QED) is 0.937. The minimum atomic E-state index is -3.38. The third kappa shape index (κ3) is 2.43. The van der Waals surface area contributed by atoms with Crippen LogP contribution >= 0.6 is 0 Å². The van der Waals surface area contributed by atoms with Crippen LogP contribution in [0.25, 0.3) is 0 Å². The Hall–Kier alpha value is -1.85. The Kier molecular flexibility index (Phi) is 3.47. The molecule has 0 spiro atoms. The van der Waals surface area contributed by atoms with E-state index >= 15 is 0 Å². The molecular formula is C16H17NO3S. The van der Waals surface area contributed by atoms with Crippen molar-refractivity contribution in [2.45, 2.75) is 22.1 Å². The zero-order valence-electron chi connectivity index (χ0n) is 11.6. The molecule has 0 heterocycles. The van der Waals surface area contributed by atoms with E-state index in [1.165, 1.54) is 0 Å². The fourth-order valence-corrected chi connectivity index (χ4v) is 4.78. The van der Waals surface area contributed by atoms with Gasteiger partial charge in [-0.25, -0.2) is 8.42 Å². The van der Waals surface area contributed by atoms with Crippen LogP contribution in [-0.4, -0.2) is 26.8 Å². The van der Waals surface area contributed by atoms with Gasteiger partial charge in [0.25, 0.3) is 0 Å². The summed E-state index contributed by atoms with van der Waals surface area (Å²) in [6.07, 6.45) is 0. The van der Waals surface area contributed by atoms with E-state index in [0.717, 1.165) is 11.3 Å². The van der Waals surface area contributed by atoms with E-state index < -0.39 is 15.1 Å². The average molecular weight is 303 g/mol.